The number of phenols is 1. The van der Waals surface area contributed by atoms with Gasteiger partial charge in [-0.1, -0.05) is 25.3 Å². The first-order chi connectivity index (χ1) is 17.0. The zero-order valence-electron chi connectivity index (χ0n) is 21.2. The molecule has 0 unspecified atom stereocenters. The van der Waals surface area contributed by atoms with Crippen molar-refractivity contribution in [3.8, 4) is 11.5 Å². The normalized spacial score (nSPS) is 44.7. The Balaban J connectivity index is 1.30. The van der Waals surface area contributed by atoms with E-state index in [0.717, 1.165) is 63.2 Å². The van der Waals surface area contributed by atoms with Crippen LogP contribution in [0, 0.1) is 23.2 Å². The second-order valence-electron chi connectivity index (χ2n) is 13.3. The third kappa shape index (κ3) is 2.51. The van der Waals surface area contributed by atoms with Gasteiger partial charge in [-0.25, -0.2) is 0 Å². The first-order valence-corrected chi connectivity index (χ1v) is 14.5. The zero-order chi connectivity index (χ0) is 23.6. The molecule has 1 saturated heterocycles. The fraction of sp³-hybridized carbons (Fsp3) is 0.800. The number of hydrogen-bond acceptors (Lipinski definition) is 5. The quantitative estimate of drug-likeness (QED) is 0.648. The molecule has 9 rings (SSSR count). The number of piperidine rings is 1. The number of methoxy groups -OCH3 is 1. The van der Waals surface area contributed by atoms with E-state index in [-0.39, 0.29) is 34.7 Å². The Morgan fingerprint density at radius 2 is 1.94 bits per heavy atom. The van der Waals surface area contributed by atoms with E-state index >= 15 is 0 Å². The number of rotatable bonds is 5. The molecule has 35 heavy (non-hydrogen) atoms. The van der Waals surface area contributed by atoms with Gasteiger partial charge in [-0.15, -0.1) is 0 Å². The van der Waals surface area contributed by atoms with E-state index in [4.69, 9.17) is 9.47 Å². The molecule has 2 heterocycles. The number of likely N-dealkylation sites (tertiary alicyclic amines) is 1. The minimum Gasteiger partial charge on any atom is -0.504 e. The molecule has 6 aliphatic carbocycles. The number of aliphatic hydroxyl groups is 1. The molecule has 6 fully saturated rings. The molecule has 2 aliphatic heterocycles. The van der Waals surface area contributed by atoms with Crippen LogP contribution < -0.4 is 4.74 Å². The predicted octanol–water partition coefficient (Wildman–Crippen LogP) is 4.56. The van der Waals surface area contributed by atoms with E-state index in [1.807, 2.05) is 13.2 Å². The molecule has 4 bridgehead atoms. The van der Waals surface area contributed by atoms with E-state index in [1.165, 1.54) is 49.8 Å². The molecular formula is C30H41NO4. The van der Waals surface area contributed by atoms with Crippen molar-refractivity contribution >= 4 is 0 Å². The molecule has 190 valence electrons. The summed E-state index contributed by atoms with van der Waals surface area (Å²) in [5.41, 5.74) is 2.21. The Labute approximate surface area is 209 Å². The van der Waals surface area contributed by atoms with Crippen LogP contribution in [0.2, 0.25) is 0 Å². The highest BCUT2D eigenvalue weighted by molar-refractivity contribution is 5.63. The van der Waals surface area contributed by atoms with Crippen molar-refractivity contribution in [1.29, 1.82) is 0 Å². The summed E-state index contributed by atoms with van der Waals surface area (Å²) in [5, 5.41) is 23.0. The van der Waals surface area contributed by atoms with E-state index < -0.39 is 5.60 Å². The average molecular weight is 480 g/mol. The van der Waals surface area contributed by atoms with Gasteiger partial charge in [0.15, 0.2) is 11.5 Å². The maximum Gasteiger partial charge on any atom is 0.165 e. The van der Waals surface area contributed by atoms with E-state index in [1.54, 1.807) is 0 Å². The molecule has 1 aromatic carbocycles. The average Bonchev–Trinajstić information content (AvgIpc) is 3.63. The summed E-state index contributed by atoms with van der Waals surface area (Å²) < 4.78 is 13.5. The minimum atomic E-state index is -0.484. The maximum atomic E-state index is 12.0. The fourth-order valence-electron chi connectivity index (χ4n) is 10.7. The first kappa shape index (κ1) is 21.8. The zero-order valence-corrected chi connectivity index (χ0v) is 21.2. The number of nitrogens with zero attached hydrogens (tertiary/aromatic N) is 1. The molecule has 8 aliphatic rings. The predicted molar refractivity (Wildman–Crippen MR) is 133 cm³/mol. The SMILES string of the molecule is CO[C@]12CC[C@@]3(C[C@@H]1[C@H](O)C1CCCCC1)[C@H]1Cc4ccc(O)c5c4[C@@]3(CCN1CC1CC1)[C@H]2O5. The molecule has 5 heteroatoms. The van der Waals surface area contributed by atoms with Gasteiger partial charge in [0.05, 0.1) is 6.10 Å². The standard InChI is InChI=1S/C30H41NO4/c1-34-30-12-11-28(16-21(30)25(33)19-5-3-2-4-6-19)23-15-20-9-10-22(32)26-24(20)29(28,27(30)35-26)13-14-31(23)17-18-7-8-18/h9-10,18-19,21,23,25,27,32-33H,2-8,11-17H2,1H3/t21-,23-,25-,27-,28-,29+,30-/m1/s1. The van der Waals surface area contributed by atoms with Gasteiger partial charge in [0.2, 0.25) is 0 Å². The lowest BCUT2D eigenvalue weighted by Crippen LogP contribution is -2.82. The van der Waals surface area contributed by atoms with Gasteiger partial charge >= 0.3 is 0 Å². The van der Waals surface area contributed by atoms with Gasteiger partial charge in [-0.2, -0.15) is 0 Å². The molecule has 2 spiro atoms. The number of aliphatic hydroxyl groups excluding tert-OH is 1. The summed E-state index contributed by atoms with van der Waals surface area (Å²) in [7, 11) is 1.87. The second kappa shape index (κ2) is 7.17. The van der Waals surface area contributed by atoms with Gasteiger partial charge in [-0.05, 0) is 87.8 Å². The molecule has 5 nitrogen and oxygen atoms in total. The van der Waals surface area contributed by atoms with Gasteiger partial charge in [-0.3, -0.25) is 4.90 Å². The smallest absolute Gasteiger partial charge is 0.165 e. The van der Waals surface area contributed by atoms with Crippen LogP contribution in [0.3, 0.4) is 0 Å². The molecule has 1 aromatic rings. The molecule has 2 N–H and O–H groups in total. The summed E-state index contributed by atoms with van der Waals surface area (Å²) in [6, 6.07) is 4.54. The number of fused-ring (bicyclic) bond motifs is 2. The fourth-order valence-corrected chi connectivity index (χ4v) is 10.7. The number of aromatic hydroxyl groups is 1. The van der Waals surface area contributed by atoms with Crippen molar-refractivity contribution in [2.75, 3.05) is 20.2 Å². The van der Waals surface area contributed by atoms with Crippen LogP contribution in [0.5, 0.6) is 11.5 Å². The summed E-state index contributed by atoms with van der Waals surface area (Å²) >= 11 is 0. The largest absolute Gasteiger partial charge is 0.504 e. The third-order valence-electron chi connectivity index (χ3n) is 12.3. The van der Waals surface area contributed by atoms with Crippen molar-refractivity contribution in [2.24, 2.45) is 23.2 Å². The second-order valence-corrected chi connectivity index (χ2v) is 13.3. The number of phenolic OH excluding ortho intramolecular Hbond substituents is 1. The number of benzene rings is 1. The molecule has 0 radical (unpaired) electrons. The van der Waals surface area contributed by atoms with Crippen molar-refractivity contribution in [3.05, 3.63) is 23.3 Å². The van der Waals surface area contributed by atoms with Crippen molar-refractivity contribution in [2.45, 2.75) is 106 Å². The highest BCUT2D eigenvalue weighted by Crippen LogP contribution is 2.77. The molecule has 0 aromatic heterocycles. The molecular weight excluding hydrogens is 438 g/mol. The Morgan fingerprint density at radius 3 is 2.71 bits per heavy atom. The highest BCUT2D eigenvalue weighted by Gasteiger charge is 2.81. The minimum absolute atomic E-state index is 0.0947. The topological polar surface area (TPSA) is 62.2 Å². The summed E-state index contributed by atoms with van der Waals surface area (Å²) in [6.07, 6.45) is 13.7. The van der Waals surface area contributed by atoms with Crippen LogP contribution in [0.1, 0.15) is 81.8 Å². The van der Waals surface area contributed by atoms with E-state index in [0.29, 0.717) is 12.0 Å². The monoisotopic (exact) mass is 479 g/mol. The molecule has 7 atom stereocenters. The number of ether oxygens (including phenoxy) is 2. The third-order valence-corrected chi connectivity index (χ3v) is 12.3. The van der Waals surface area contributed by atoms with Gasteiger partial charge < -0.3 is 19.7 Å². The van der Waals surface area contributed by atoms with Crippen LogP contribution in [0.4, 0.5) is 0 Å². The lowest BCUT2D eigenvalue weighted by atomic mass is 9.34. The summed E-state index contributed by atoms with van der Waals surface area (Å²) in [6.45, 7) is 2.35. The summed E-state index contributed by atoms with van der Waals surface area (Å²) in [4.78, 5) is 2.85. The van der Waals surface area contributed by atoms with E-state index in [9.17, 15) is 10.2 Å². The Morgan fingerprint density at radius 1 is 1.11 bits per heavy atom. The van der Waals surface area contributed by atoms with Crippen LogP contribution in [0.25, 0.3) is 0 Å². The lowest BCUT2D eigenvalue weighted by Gasteiger charge is -2.74. The van der Waals surface area contributed by atoms with Crippen molar-refractivity contribution in [1.82, 2.24) is 4.90 Å². The van der Waals surface area contributed by atoms with Crippen LogP contribution in [-0.2, 0) is 16.6 Å². The Hall–Kier alpha value is -1.30. The summed E-state index contributed by atoms with van der Waals surface area (Å²) in [5.74, 6) is 2.38. The van der Waals surface area contributed by atoms with Gasteiger partial charge in [0.25, 0.3) is 0 Å². The Kier molecular flexibility index (Phi) is 4.46. The van der Waals surface area contributed by atoms with Crippen LogP contribution in [0.15, 0.2) is 12.1 Å². The van der Waals surface area contributed by atoms with Gasteiger partial charge in [0.1, 0.15) is 11.7 Å². The molecule has 0 amide bonds. The van der Waals surface area contributed by atoms with Crippen molar-refractivity contribution in [3.63, 3.8) is 0 Å². The highest BCUT2D eigenvalue weighted by atomic mass is 16.6. The maximum absolute atomic E-state index is 12.0. The number of hydrogen-bond donors (Lipinski definition) is 2. The van der Waals surface area contributed by atoms with Gasteiger partial charge in [0, 0.05) is 42.0 Å². The van der Waals surface area contributed by atoms with E-state index in [2.05, 4.69) is 11.0 Å². The van der Waals surface area contributed by atoms with Crippen LogP contribution in [-0.4, -0.2) is 59.2 Å². The van der Waals surface area contributed by atoms with Crippen molar-refractivity contribution < 1.29 is 19.7 Å². The first-order valence-electron chi connectivity index (χ1n) is 14.5. The Bertz CT molecular complexity index is 1050. The van der Waals surface area contributed by atoms with Crippen LogP contribution >= 0.6 is 0 Å². The lowest BCUT2D eigenvalue weighted by molar-refractivity contribution is -0.293. The molecule has 5 saturated carbocycles.